The molecule has 0 atom stereocenters. The van der Waals surface area contributed by atoms with Gasteiger partial charge in [0.15, 0.2) is 0 Å². The van der Waals surface area contributed by atoms with Crippen molar-refractivity contribution < 1.29 is 4.79 Å². The van der Waals surface area contributed by atoms with Gasteiger partial charge < -0.3 is 4.31 Å². The van der Waals surface area contributed by atoms with Crippen LogP contribution in [-0.2, 0) is 4.79 Å². The van der Waals surface area contributed by atoms with Crippen molar-refractivity contribution in [2.45, 2.75) is 59.3 Å². The van der Waals surface area contributed by atoms with Crippen molar-refractivity contribution in [3.63, 3.8) is 0 Å². The molecule has 0 amide bonds. The normalized spacial score (nSPS) is 19.3. The summed E-state index contributed by atoms with van der Waals surface area (Å²) in [6, 6.07) is 0. The molecule has 2 rings (SSSR count). The lowest BCUT2D eigenvalue weighted by atomic mass is 10.1. The van der Waals surface area contributed by atoms with E-state index in [1.165, 1.54) is 37.6 Å². The maximum Gasteiger partial charge on any atom is 0.208 e. The van der Waals surface area contributed by atoms with Crippen LogP contribution >= 0.6 is 48.3 Å². The van der Waals surface area contributed by atoms with Crippen LogP contribution in [0.1, 0.15) is 59.3 Å². The summed E-state index contributed by atoms with van der Waals surface area (Å²) in [5.41, 5.74) is 0.687. The minimum Gasteiger partial charge on any atom is -0.309 e. The van der Waals surface area contributed by atoms with Crippen molar-refractivity contribution in [3.05, 3.63) is 11.0 Å². The van der Waals surface area contributed by atoms with E-state index in [9.17, 15) is 4.79 Å². The monoisotopic (exact) mass is 432 g/mol. The summed E-state index contributed by atoms with van der Waals surface area (Å²) in [5.74, 6) is 0. The van der Waals surface area contributed by atoms with Gasteiger partial charge in [-0.15, -0.1) is 0 Å². The molecule has 0 radical (unpaired) electrons. The number of rotatable bonds is 8. The first kappa shape index (κ1) is 24.1. The van der Waals surface area contributed by atoms with Gasteiger partial charge in [0.25, 0.3) is 0 Å². The number of hydrogen-bond donors (Lipinski definition) is 0. The zero-order valence-electron chi connectivity index (χ0n) is 16.8. The Balaban J connectivity index is 0.000000472. The van der Waals surface area contributed by atoms with Crippen molar-refractivity contribution in [3.8, 4) is 0 Å². The van der Waals surface area contributed by atoms with Crippen LogP contribution in [0.5, 0.6) is 0 Å². The van der Waals surface area contributed by atoms with Gasteiger partial charge in [-0.2, -0.15) is 0 Å². The summed E-state index contributed by atoms with van der Waals surface area (Å²) in [4.78, 5) is 14.0. The minimum absolute atomic E-state index is 0.166. The van der Waals surface area contributed by atoms with E-state index in [1.54, 1.807) is 11.9 Å². The van der Waals surface area contributed by atoms with Crippen molar-refractivity contribution in [2.75, 3.05) is 21.1 Å². The summed E-state index contributed by atoms with van der Waals surface area (Å²) >= 11 is 13.1. The number of thiocarbonyl (C=S) groups is 2. The lowest BCUT2D eigenvalue weighted by molar-refractivity contribution is -0.110. The highest BCUT2D eigenvalue weighted by Gasteiger charge is 2.43. The third-order valence-electron chi connectivity index (χ3n) is 4.41. The van der Waals surface area contributed by atoms with Crippen LogP contribution in [0.2, 0.25) is 0 Å². The van der Waals surface area contributed by atoms with Crippen LogP contribution in [0.25, 0.3) is 0 Å². The third-order valence-corrected chi connectivity index (χ3v) is 7.58. The molecule has 0 heterocycles. The topological polar surface area (TPSA) is 23.6 Å². The molecule has 2 saturated carbocycles. The number of nitrogens with zero attached hydrogens (tertiary/aromatic N) is 2. The summed E-state index contributed by atoms with van der Waals surface area (Å²) in [6.07, 6.45) is 8.50. The van der Waals surface area contributed by atoms with E-state index < -0.39 is 0 Å². The highest BCUT2D eigenvalue weighted by Crippen LogP contribution is 2.48. The smallest absolute Gasteiger partial charge is 0.208 e. The number of hydrogen-bond acceptors (Lipinski definition) is 6. The van der Waals surface area contributed by atoms with Gasteiger partial charge in [0.2, 0.25) is 5.12 Å². The van der Waals surface area contributed by atoms with Gasteiger partial charge in [-0.3, -0.25) is 9.10 Å². The molecule has 0 N–H and O–H groups in total. The van der Waals surface area contributed by atoms with Crippen molar-refractivity contribution in [1.82, 2.24) is 8.61 Å². The second-order valence-electron chi connectivity index (χ2n) is 7.76. The second-order valence-corrected chi connectivity index (χ2v) is 11.0. The van der Waals surface area contributed by atoms with Crippen molar-refractivity contribution in [2.24, 2.45) is 10.8 Å². The molecule has 0 spiro atoms. The van der Waals surface area contributed by atoms with Crippen LogP contribution < -0.4 is 0 Å². The summed E-state index contributed by atoms with van der Waals surface area (Å²) in [5, 5.41) is 2.05. The number of carbonyl (C=O) groups excluding carboxylic acids is 1. The van der Waals surface area contributed by atoms with E-state index in [4.69, 9.17) is 24.4 Å². The van der Waals surface area contributed by atoms with Crippen molar-refractivity contribution >= 4 is 63.8 Å². The Labute approximate surface area is 179 Å². The summed E-state index contributed by atoms with van der Waals surface area (Å²) in [7, 11) is 5.77. The third kappa shape index (κ3) is 8.83. The van der Waals surface area contributed by atoms with Gasteiger partial charge in [-0.1, -0.05) is 51.3 Å². The quantitative estimate of drug-likeness (QED) is 0.347. The minimum atomic E-state index is 0.166. The molecular formula is C19H32N2OS4. The SMILES string of the molecule is CC/C=C(/CC(=O)SN(C)C)SN(C)C(=S)C1(C)CC1.CC1(C=S)CC1. The van der Waals surface area contributed by atoms with Gasteiger partial charge >= 0.3 is 0 Å². The lowest BCUT2D eigenvalue weighted by Crippen LogP contribution is -2.25. The zero-order valence-corrected chi connectivity index (χ0v) is 20.1. The van der Waals surface area contributed by atoms with Gasteiger partial charge in [-0.25, -0.2) is 0 Å². The largest absolute Gasteiger partial charge is 0.309 e. The molecule has 0 aromatic carbocycles. The fourth-order valence-corrected chi connectivity index (χ4v) is 4.42. The Morgan fingerprint density at radius 2 is 1.69 bits per heavy atom. The van der Waals surface area contributed by atoms with Crippen LogP contribution in [-0.4, -0.2) is 45.2 Å². The number of allylic oxidation sites excluding steroid dienone is 2. The van der Waals surface area contributed by atoms with E-state index >= 15 is 0 Å². The molecule has 0 aliphatic heterocycles. The van der Waals surface area contributed by atoms with Crippen LogP contribution in [0.15, 0.2) is 11.0 Å². The molecule has 3 nitrogen and oxygen atoms in total. The predicted molar refractivity (Wildman–Crippen MR) is 126 cm³/mol. The Hall–Kier alpha value is 0.0500. The molecule has 26 heavy (non-hydrogen) atoms. The highest BCUT2D eigenvalue weighted by molar-refractivity contribution is 8.11. The van der Waals surface area contributed by atoms with Crippen LogP contribution in [0.4, 0.5) is 0 Å². The first-order chi connectivity index (χ1) is 12.0. The average Bonchev–Trinajstić information content (AvgIpc) is 3.46. The lowest BCUT2D eigenvalue weighted by Gasteiger charge is -2.24. The highest BCUT2D eigenvalue weighted by atomic mass is 32.2. The Bertz CT molecular complexity index is 552. The van der Waals surface area contributed by atoms with Crippen molar-refractivity contribution in [1.29, 1.82) is 0 Å². The molecule has 2 aliphatic rings. The molecule has 0 aromatic rings. The standard InChI is InChI=1S/C14H24N2OS3.C5H8S/c1-6-7-11(10-12(17)20-15(3)4)19-16(5)13(18)14(2)8-9-14;1-5(4-6)2-3-5/h7H,6,8-10H2,1-5H3;4H,2-3H2,1H3/b11-7-;. The van der Waals surface area contributed by atoms with Crippen LogP contribution in [0.3, 0.4) is 0 Å². The molecule has 0 saturated heterocycles. The maximum atomic E-state index is 11.9. The van der Waals surface area contributed by atoms with Gasteiger partial charge in [-0.05, 0) is 80.9 Å². The molecule has 148 valence electrons. The molecule has 2 fully saturated rings. The van der Waals surface area contributed by atoms with E-state index in [0.717, 1.165) is 16.3 Å². The van der Waals surface area contributed by atoms with E-state index in [1.807, 2.05) is 30.8 Å². The predicted octanol–water partition coefficient (Wildman–Crippen LogP) is 5.90. The van der Waals surface area contributed by atoms with Gasteiger partial charge in [0, 0.05) is 17.4 Å². The average molecular weight is 433 g/mol. The fraction of sp³-hybridized carbons (Fsp3) is 0.737. The van der Waals surface area contributed by atoms with E-state index in [2.05, 4.69) is 31.2 Å². The summed E-state index contributed by atoms with van der Waals surface area (Å²) < 4.78 is 3.88. The molecule has 0 bridgehead atoms. The van der Waals surface area contributed by atoms with E-state index in [0.29, 0.717) is 11.8 Å². The van der Waals surface area contributed by atoms with Gasteiger partial charge in [0.1, 0.15) is 0 Å². The number of carbonyl (C=O) groups is 1. The van der Waals surface area contributed by atoms with E-state index in [-0.39, 0.29) is 10.5 Å². The van der Waals surface area contributed by atoms with Gasteiger partial charge in [0.05, 0.1) is 11.4 Å². The molecule has 0 aromatic heterocycles. The zero-order chi connectivity index (χ0) is 20.0. The first-order valence-corrected chi connectivity index (χ1v) is 11.5. The Morgan fingerprint density at radius 3 is 2.04 bits per heavy atom. The second kappa shape index (κ2) is 10.6. The first-order valence-electron chi connectivity index (χ1n) is 9.05. The summed E-state index contributed by atoms with van der Waals surface area (Å²) in [6.45, 7) is 6.49. The molecule has 2 aliphatic carbocycles. The molecule has 7 heteroatoms. The molecule has 0 unspecified atom stereocenters. The Kier molecular flexibility index (Phi) is 9.78. The fourth-order valence-electron chi connectivity index (χ4n) is 2.06. The Morgan fingerprint density at radius 1 is 1.12 bits per heavy atom. The maximum absolute atomic E-state index is 11.9. The van der Waals surface area contributed by atoms with Crippen LogP contribution in [0, 0.1) is 10.8 Å². The molecular weight excluding hydrogens is 400 g/mol.